The van der Waals surface area contributed by atoms with Crippen molar-refractivity contribution in [3.63, 3.8) is 0 Å². The number of hydrogen-bond donors (Lipinski definition) is 1. The first kappa shape index (κ1) is 14.9. The van der Waals surface area contributed by atoms with Gasteiger partial charge in [-0.3, -0.25) is 4.90 Å². The molecule has 1 aliphatic heterocycles. The minimum Gasteiger partial charge on any atom is -0.313 e. The minimum atomic E-state index is -0.767. The molecule has 21 heavy (non-hydrogen) atoms. The van der Waals surface area contributed by atoms with Crippen LogP contribution in [0, 0.1) is 17.6 Å². The van der Waals surface area contributed by atoms with Gasteiger partial charge in [-0.15, -0.1) is 0 Å². The van der Waals surface area contributed by atoms with Crippen molar-refractivity contribution >= 4 is 0 Å². The molecule has 4 heteroatoms. The predicted molar refractivity (Wildman–Crippen MR) is 80.1 cm³/mol. The molecule has 3 rings (SSSR count). The first-order valence-corrected chi connectivity index (χ1v) is 8.06. The third-order valence-corrected chi connectivity index (χ3v) is 4.78. The highest BCUT2D eigenvalue weighted by Crippen LogP contribution is 2.33. The van der Waals surface area contributed by atoms with Crippen LogP contribution in [-0.2, 0) is 0 Å². The van der Waals surface area contributed by atoms with Gasteiger partial charge < -0.3 is 5.32 Å². The smallest absolute Gasteiger partial charge is 0.159 e. The van der Waals surface area contributed by atoms with Gasteiger partial charge in [-0.25, -0.2) is 8.78 Å². The standard InChI is InChI=1S/C17H24F2N2/c1-12(14-6-7-16(18)17(19)9-14)21(10-13-4-5-13)11-15-3-2-8-20-15/h6-7,9,12-13,15,20H,2-5,8,10-11H2,1H3. The van der Waals surface area contributed by atoms with Gasteiger partial charge in [0.05, 0.1) is 0 Å². The van der Waals surface area contributed by atoms with Crippen LogP contribution in [0.25, 0.3) is 0 Å². The highest BCUT2D eigenvalue weighted by molar-refractivity contribution is 5.21. The number of benzene rings is 1. The zero-order valence-electron chi connectivity index (χ0n) is 12.6. The summed E-state index contributed by atoms with van der Waals surface area (Å²) in [6, 6.07) is 4.97. The summed E-state index contributed by atoms with van der Waals surface area (Å²) < 4.78 is 26.6. The summed E-state index contributed by atoms with van der Waals surface area (Å²) in [6.45, 7) is 5.26. The topological polar surface area (TPSA) is 15.3 Å². The highest BCUT2D eigenvalue weighted by atomic mass is 19.2. The van der Waals surface area contributed by atoms with E-state index in [2.05, 4.69) is 17.1 Å². The maximum Gasteiger partial charge on any atom is 0.159 e. The van der Waals surface area contributed by atoms with E-state index in [1.54, 1.807) is 6.07 Å². The Morgan fingerprint density at radius 2 is 2.00 bits per heavy atom. The molecule has 0 bridgehead atoms. The van der Waals surface area contributed by atoms with Crippen LogP contribution in [0.4, 0.5) is 8.78 Å². The van der Waals surface area contributed by atoms with Gasteiger partial charge in [-0.1, -0.05) is 6.07 Å². The van der Waals surface area contributed by atoms with Crippen LogP contribution < -0.4 is 5.32 Å². The fourth-order valence-corrected chi connectivity index (χ4v) is 3.20. The second-order valence-corrected chi connectivity index (χ2v) is 6.54. The molecule has 1 aliphatic carbocycles. The Bertz CT molecular complexity index is 482. The molecular weight excluding hydrogens is 270 g/mol. The number of nitrogens with zero attached hydrogens (tertiary/aromatic N) is 1. The molecule has 2 unspecified atom stereocenters. The normalized spacial score (nSPS) is 23.7. The second kappa shape index (κ2) is 6.41. The maximum atomic E-state index is 13.5. The zero-order valence-corrected chi connectivity index (χ0v) is 12.6. The van der Waals surface area contributed by atoms with Crippen molar-refractivity contribution in [1.29, 1.82) is 0 Å². The van der Waals surface area contributed by atoms with Crippen molar-refractivity contribution in [2.24, 2.45) is 5.92 Å². The first-order chi connectivity index (χ1) is 10.1. The van der Waals surface area contributed by atoms with Gasteiger partial charge in [0.1, 0.15) is 0 Å². The van der Waals surface area contributed by atoms with E-state index in [4.69, 9.17) is 0 Å². The van der Waals surface area contributed by atoms with Crippen LogP contribution >= 0.6 is 0 Å². The lowest BCUT2D eigenvalue weighted by Gasteiger charge is -2.32. The Hall–Kier alpha value is -1.00. The Morgan fingerprint density at radius 3 is 2.62 bits per heavy atom. The van der Waals surface area contributed by atoms with Crippen LogP contribution in [0.15, 0.2) is 18.2 Å². The summed E-state index contributed by atoms with van der Waals surface area (Å²) >= 11 is 0. The van der Waals surface area contributed by atoms with Crippen LogP contribution in [0.1, 0.15) is 44.2 Å². The minimum absolute atomic E-state index is 0.128. The van der Waals surface area contributed by atoms with E-state index in [0.717, 1.165) is 31.1 Å². The summed E-state index contributed by atoms with van der Waals surface area (Å²) in [4.78, 5) is 2.44. The van der Waals surface area contributed by atoms with Crippen molar-refractivity contribution in [2.75, 3.05) is 19.6 Å². The molecule has 0 amide bonds. The molecular formula is C17H24F2N2. The molecule has 0 aromatic heterocycles. The lowest BCUT2D eigenvalue weighted by molar-refractivity contribution is 0.184. The number of hydrogen-bond acceptors (Lipinski definition) is 2. The van der Waals surface area contributed by atoms with E-state index in [-0.39, 0.29) is 6.04 Å². The molecule has 2 nitrogen and oxygen atoms in total. The molecule has 1 heterocycles. The lowest BCUT2D eigenvalue weighted by atomic mass is 10.0. The summed E-state index contributed by atoms with van der Waals surface area (Å²) in [5, 5.41) is 3.53. The average molecular weight is 294 g/mol. The van der Waals surface area contributed by atoms with E-state index in [1.165, 1.54) is 37.8 Å². The predicted octanol–water partition coefficient (Wildman–Crippen LogP) is 3.49. The van der Waals surface area contributed by atoms with E-state index in [0.29, 0.717) is 6.04 Å². The molecule has 116 valence electrons. The molecule has 1 aromatic carbocycles. The molecule has 2 fully saturated rings. The summed E-state index contributed by atoms with van der Waals surface area (Å²) in [5.74, 6) is -0.721. The summed E-state index contributed by atoms with van der Waals surface area (Å²) in [6.07, 6.45) is 5.06. The molecule has 0 spiro atoms. The molecule has 1 saturated carbocycles. The van der Waals surface area contributed by atoms with Gasteiger partial charge in [0.25, 0.3) is 0 Å². The van der Waals surface area contributed by atoms with Crippen molar-refractivity contribution in [3.8, 4) is 0 Å². The molecule has 1 N–H and O–H groups in total. The Balaban J connectivity index is 1.71. The van der Waals surface area contributed by atoms with E-state index < -0.39 is 11.6 Å². The van der Waals surface area contributed by atoms with Crippen molar-refractivity contribution in [2.45, 2.75) is 44.7 Å². The Kier molecular flexibility index (Phi) is 4.55. The summed E-state index contributed by atoms with van der Waals surface area (Å²) in [7, 11) is 0. The average Bonchev–Trinajstić information content (AvgIpc) is 3.14. The third-order valence-electron chi connectivity index (χ3n) is 4.78. The quantitative estimate of drug-likeness (QED) is 0.864. The maximum absolute atomic E-state index is 13.5. The SMILES string of the molecule is CC(c1ccc(F)c(F)c1)N(CC1CC1)CC1CCCN1. The van der Waals surface area contributed by atoms with Gasteiger partial charge in [-0.2, -0.15) is 0 Å². The van der Waals surface area contributed by atoms with E-state index in [1.807, 2.05) is 0 Å². The van der Waals surface area contributed by atoms with Gasteiger partial charge >= 0.3 is 0 Å². The fourth-order valence-electron chi connectivity index (χ4n) is 3.20. The fraction of sp³-hybridized carbons (Fsp3) is 0.647. The van der Waals surface area contributed by atoms with Gasteiger partial charge in [0.15, 0.2) is 11.6 Å². The van der Waals surface area contributed by atoms with Crippen LogP contribution in [0.2, 0.25) is 0 Å². The number of halogens is 2. The van der Waals surface area contributed by atoms with E-state index >= 15 is 0 Å². The molecule has 0 radical (unpaired) electrons. The second-order valence-electron chi connectivity index (χ2n) is 6.54. The van der Waals surface area contributed by atoms with Crippen molar-refractivity contribution in [3.05, 3.63) is 35.4 Å². The Labute approximate surface area is 125 Å². The lowest BCUT2D eigenvalue weighted by Crippen LogP contribution is -2.40. The van der Waals surface area contributed by atoms with E-state index in [9.17, 15) is 8.78 Å². The summed E-state index contributed by atoms with van der Waals surface area (Å²) in [5.41, 5.74) is 0.868. The highest BCUT2D eigenvalue weighted by Gasteiger charge is 2.29. The number of rotatable bonds is 6. The van der Waals surface area contributed by atoms with Crippen LogP contribution in [0.5, 0.6) is 0 Å². The van der Waals surface area contributed by atoms with Gasteiger partial charge in [-0.05, 0) is 62.8 Å². The third kappa shape index (κ3) is 3.80. The zero-order chi connectivity index (χ0) is 14.8. The van der Waals surface area contributed by atoms with Crippen LogP contribution in [-0.4, -0.2) is 30.6 Å². The Morgan fingerprint density at radius 1 is 1.19 bits per heavy atom. The molecule has 1 aromatic rings. The van der Waals surface area contributed by atoms with Crippen LogP contribution in [0.3, 0.4) is 0 Å². The molecule has 2 atom stereocenters. The monoisotopic (exact) mass is 294 g/mol. The molecule has 2 aliphatic rings. The van der Waals surface area contributed by atoms with Crippen molar-refractivity contribution in [1.82, 2.24) is 10.2 Å². The van der Waals surface area contributed by atoms with Gasteiger partial charge in [0, 0.05) is 25.2 Å². The largest absolute Gasteiger partial charge is 0.313 e. The van der Waals surface area contributed by atoms with Gasteiger partial charge in [0.2, 0.25) is 0 Å². The number of nitrogens with one attached hydrogen (secondary N) is 1. The first-order valence-electron chi connectivity index (χ1n) is 8.06. The van der Waals surface area contributed by atoms with Crippen molar-refractivity contribution < 1.29 is 8.78 Å². The molecule has 1 saturated heterocycles.